The van der Waals surface area contributed by atoms with E-state index in [0.29, 0.717) is 5.92 Å². The molecule has 1 atom stereocenters. The minimum absolute atomic E-state index is 0.475. The molecule has 0 aliphatic carbocycles. The lowest BCUT2D eigenvalue weighted by atomic mass is 9.93. The van der Waals surface area contributed by atoms with Gasteiger partial charge in [-0.3, -0.25) is 4.98 Å². The topological polar surface area (TPSA) is 41.6 Å². The van der Waals surface area contributed by atoms with Crippen molar-refractivity contribution in [1.82, 2.24) is 15.0 Å². The van der Waals surface area contributed by atoms with Crippen LogP contribution in [0.5, 0.6) is 0 Å². The summed E-state index contributed by atoms with van der Waals surface area (Å²) in [6.07, 6.45) is 17.3. The van der Waals surface area contributed by atoms with Gasteiger partial charge in [0.15, 0.2) is 0 Å². The molecule has 0 aromatic carbocycles. The molecule has 0 saturated carbocycles. The van der Waals surface area contributed by atoms with E-state index in [4.69, 9.17) is 0 Å². The van der Waals surface area contributed by atoms with Gasteiger partial charge in [0.25, 0.3) is 0 Å². The summed E-state index contributed by atoms with van der Waals surface area (Å²) in [6, 6.07) is 6.22. The Morgan fingerprint density at radius 1 is 0.955 bits per heavy atom. The van der Waals surface area contributed by atoms with Gasteiger partial charge in [0.1, 0.15) is 5.82 Å². The molecule has 1 N–H and O–H groups in total. The highest BCUT2D eigenvalue weighted by Gasteiger charge is 2.14. The lowest BCUT2D eigenvalue weighted by Crippen LogP contribution is -2.06. The molecule has 2 aromatic heterocycles. The maximum Gasteiger partial charge on any atom is 0.106 e. The SMILES string of the molecule is CCCCCCCCCC(Cc1ncc[nH]1)c1ccccn1. The Hall–Kier alpha value is -1.64. The van der Waals surface area contributed by atoms with Gasteiger partial charge in [-0.2, -0.15) is 0 Å². The summed E-state index contributed by atoms with van der Waals surface area (Å²) in [7, 11) is 0. The second kappa shape index (κ2) is 10.1. The van der Waals surface area contributed by atoms with Crippen molar-refractivity contribution >= 4 is 0 Å². The predicted molar refractivity (Wildman–Crippen MR) is 91.9 cm³/mol. The van der Waals surface area contributed by atoms with Crippen LogP contribution in [0, 0.1) is 0 Å². The number of rotatable bonds is 11. The third-order valence-corrected chi connectivity index (χ3v) is 4.26. The second-order valence-corrected chi connectivity index (χ2v) is 6.10. The average Bonchev–Trinajstić information content (AvgIpc) is 3.07. The maximum absolute atomic E-state index is 4.56. The molecule has 0 fully saturated rings. The van der Waals surface area contributed by atoms with Crippen molar-refractivity contribution in [2.24, 2.45) is 0 Å². The van der Waals surface area contributed by atoms with E-state index in [9.17, 15) is 0 Å². The minimum atomic E-state index is 0.475. The fourth-order valence-electron chi connectivity index (χ4n) is 2.96. The number of aromatic amines is 1. The van der Waals surface area contributed by atoms with Gasteiger partial charge in [-0.15, -0.1) is 0 Å². The summed E-state index contributed by atoms with van der Waals surface area (Å²) in [5.41, 5.74) is 1.20. The third kappa shape index (κ3) is 6.00. The Labute approximate surface area is 134 Å². The monoisotopic (exact) mass is 299 g/mol. The molecule has 0 aliphatic rings. The third-order valence-electron chi connectivity index (χ3n) is 4.26. The van der Waals surface area contributed by atoms with Gasteiger partial charge in [-0.1, -0.05) is 57.9 Å². The number of nitrogens with zero attached hydrogens (tertiary/aromatic N) is 2. The van der Waals surface area contributed by atoms with E-state index in [1.807, 2.05) is 24.7 Å². The number of imidazole rings is 1. The number of nitrogens with one attached hydrogen (secondary N) is 1. The molecule has 2 rings (SSSR count). The zero-order valence-corrected chi connectivity index (χ0v) is 13.8. The van der Waals surface area contributed by atoms with Crippen molar-refractivity contribution < 1.29 is 0 Å². The van der Waals surface area contributed by atoms with Crippen LogP contribution in [0.15, 0.2) is 36.8 Å². The second-order valence-electron chi connectivity index (χ2n) is 6.10. The van der Waals surface area contributed by atoms with Crippen molar-refractivity contribution in [3.05, 3.63) is 48.3 Å². The van der Waals surface area contributed by atoms with E-state index >= 15 is 0 Å². The standard InChI is InChI=1S/C19H29N3/c1-2-3-4-5-6-7-8-11-17(16-19-21-14-15-22-19)18-12-9-10-13-20-18/h9-10,12-15,17H,2-8,11,16H2,1H3,(H,21,22). The van der Waals surface area contributed by atoms with Crippen molar-refractivity contribution in [1.29, 1.82) is 0 Å². The van der Waals surface area contributed by atoms with Gasteiger partial charge in [0.05, 0.1) is 0 Å². The van der Waals surface area contributed by atoms with E-state index in [0.717, 1.165) is 12.2 Å². The Morgan fingerprint density at radius 2 is 1.77 bits per heavy atom. The molecule has 1 unspecified atom stereocenters. The first-order chi connectivity index (χ1) is 10.9. The highest BCUT2D eigenvalue weighted by molar-refractivity contribution is 5.11. The highest BCUT2D eigenvalue weighted by Crippen LogP contribution is 2.24. The van der Waals surface area contributed by atoms with Gasteiger partial charge >= 0.3 is 0 Å². The van der Waals surface area contributed by atoms with E-state index < -0.39 is 0 Å². The number of hydrogen-bond donors (Lipinski definition) is 1. The van der Waals surface area contributed by atoms with E-state index in [1.54, 1.807) is 0 Å². The van der Waals surface area contributed by atoms with E-state index in [2.05, 4.69) is 34.0 Å². The molecule has 0 saturated heterocycles. The van der Waals surface area contributed by atoms with Crippen molar-refractivity contribution in [2.45, 2.75) is 70.6 Å². The first-order valence-electron chi connectivity index (χ1n) is 8.79. The van der Waals surface area contributed by atoms with Crippen LogP contribution in [-0.2, 0) is 6.42 Å². The van der Waals surface area contributed by atoms with Gasteiger partial charge in [-0.05, 0) is 18.6 Å². The van der Waals surface area contributed by atoms with Gasteiger partial charge < -0.3 is 4.98 Å². The smallest absolute Gasteiger partial charge is 0.106 e. The molecule has 0 radical (unpaired) electrons. The lowest BCUT2D eigenvalue weighted by molar-refractivity contribution is 0.520. The molecule has 22 heavy (non-hydrogen) atoms. The summed E-state index contributed by atoms with van der Waals surface area (Å²) in [6.45, 7) is 2.27. The Kier molecular flexibility index (Phi) is 7.71. The molecular weight excluding hydrogens is 270 g/mol. The summed E-state index contributed by atoms with van der Waals surface area (Å²) >= 11 is 0. The largest absolute Gasteiger partial charge is 0.349 e. The summed E-state index contributed by atoms with van der Waals surface area (Å²) in [5, 5.41) is 0. The van der Waals surface area contributed by atoms with Crippen LogP contribution in [0.25, 0.3) is 0 Å². The van der Waals surface area contributed by atoms with Crippen LogP contribution in [-0.4, -0.2) is 15.0 Å². The van der Waals surface area contributed by atoms with E-state index in [-0.39, 0.29) is 0 Å². The normalized spacial score (nSPS) is 12.4. The maximum atomic E-state index is 4.56. The first kappa shape index (κ1) is 16.7. The fourth-order valence-corrected chi connectivity index (χ4v) is 2.96. The predicted octanol–water partition coefficient (Wildman–Crippen LogP) is 5.27. The average molecular weight is 299 g/mol. The van der Waals surface area contributed by atoms with Gasteiger partial charge in [-0.25, -0.2) is 4.98 Å². The zero-order valence-electron chi connectivity index (χ0n) is 13.8. The van der Waals surface area contributed by atoms with Crippen molar-refractivity contribution in [3.63, 3.8) is 0 Å². The van der Waals surface area contributed by atoms with Crippen LogP contribution in [0.3, 0.4) is 0 Å². The summed E-state index contributed by atoms with van der Waals surface area (Å²) in [5.74, 6) is 1.54. The molecule has 0 aliphatic heterocycles. The van der Waals surface area contributed by atoms with Crippen LogP contribution >= 0.6 is 0 Å². The molecule has 3 nitrogen and oxygen atoms in total. The quantitative estimate of drug-likeness (QED) is 0.574. The Morgan fingerprint density at radius 3 is 2.45 bits per heavy atom. The number of pyridine rings is 1. The molecule has 120 valence electrons. The molecule has 0 amide bonds. The number of unbranched alkanes of at least 4 members (excludes halogenated alkanes) is 6. The lowest BCUT2D eigenvalue weighted by Gasteiger charge is -2.15. The fraction of sp³-hybridized carbons (Fsp3) is 0.579. The van der Waals surface area contributed by atoms with Crippen LogP contribution in [0.2, 0.25) is 0 Å². The number of H-pyrrole nitrogens is 1. The van der Waals surface area contributed by atoms with Gasteiger partial charge in [0.2, 0.25) is 0 Å². The molecule has 2 aromatic rings. The van der Waals surface area contributed by atoms with Crippen LogP contribution < -0.4 is 0 Å². The molecule has 2 heterocycles. The summed E-state index contributed by atoms with van der Waals surface area (Å²) < 4.78 is 0. The van der Waals surface area contributed by atoms with Crippen LogP contribution in [0.4, 0.5) is 0 Å². The molecule has 3 heteroatoms. The van der Waals surface area contributed by atoms with E-state index in [1.165, 1.54) is 57.1 Å². The Bertz CT molecular complexity index is 479. The van der Waals surface area contributed by atoms with Gasteiger partial charge in [0, 0.05) is 36.6 Å². The summed E-state index contributed by atoms with van der Waals surface area (Å²) in [4.78, 5) is 12.2. The molecule has 0 spiro atoms. The first-order valence-corrected chi connectivity index (χ1v) is 8.79. The molecular formula is C19H29N3. The minimum Gasteiger partial charge on any atom is -0.349 e. The van der Waals surface area contributed by atoms with Crippen LogP contribution in [0.1, 0.15) is 75.7 Å². The van der Waals surface area contributed by atoms with Crippen molar-refractivity contribution in [2.75, 3.05) is 0 Å². The number of hydrogen-bond acceptors (Lipinski definition) is 2. The molecule has 0 bridgehead atoms. The Balaban J connectivity index is 1.78. The highest BCUT2D eigenvalue weighted by atomic mass is 14.9. The van der Waals surface area contributed by atoms with Crippen molar-refractivity contribution in [3.8, 4) is 0 Å². The number of aromatic nitrogens is 3. The zero-order chi connectivity index (χ0) is 15.5.